The summed E-state index contributed by atoms with van der Waals surface area (Å²) in [5.41, 5.74) is 0.880. The van der Waals surface area contributed by atoms with Gasteiger partial charge in [0.05, 0.1) is 5.75 Å². The number of hydrogen-bond acceptors (Lipinski definition) is 2. The van der Waals surface area contributed by atoms with Crippen LogP contribution in [0.25, 0.3) is 0 Å². The van der Waals surface area contributed by atoms with Gasteiger partial charge in [-0.1, -0.05) is 58.0 Å². The van der Waals surface area contributed by atoms with Gasteiger partial charge in [0.2, 0.25) is 10.0 Å². The van der Waals surface area contributed by atoms with Crippen LogP contribution in [0, 0.1) is 5.41 Å². The van der Waals surface area contributed by atoms with Crippen molar-refractivity contribution in [2.24, 2.45) is 5.41 Å². The zero-order valence-corrected chi connectivity index (χ0v) is 14.8. The first-order valence-corrected chi connectivity index (χ1v) is 9.45. The van der Waals surface area contributed by atoms with Crippen molar-refractivity contribution in [2.75, 3.05) is 11.6 Å². The molecule has 0 aliphatic carbocycles. The highest BCUT2D eigenvalue weighted by molar-refractivity contribution is 7.89. The summed E-state index contributed by atoms with van der Waals surface area (Å²) >= 11 is 5.80. The van der Waals surface area contributed by atoms with Crippen LogP contribution in [-0.4, -0.2) is 26.1 Å². The Labute approximate surface area is 134 Å². The molecule has 0 aliphatic rings. The van der Waals surface area contributed by atoms with Crippen molar-refractivity contribution in [1.29, 1.82) is 0 Å². The number of sulfonamides is 1. The van der Waals surface area contributed by atoms with Crippen LogP contribution in [0.5, 0.6) is 0 Å². The van der Waals surface area contributed by atoms with Gasteiger partial charge >= 0.3 is 0 Å². The Balaban J connectivity index is 2.77. The molecular weight excluding hydrogens is 306 g/mol. The Morgan fingerprint density at radius 3 is 2.24 bits per heavy atom. The molecule has 5 heteroatoms. The summed E-state index contributed by atoms with van der Waals surface area (Å²) in [5.74, 6) is 0.491. The van der Waals surface area contributed by atoms with Gasteiger partial charge in [-0.15, -0.1) is 11.6 Å². The van der Waals surface area contributed by atoms with Crippen LogP contribution < -0.4 is 4.72 Å². The van der Waals surface area contributed by atoms with Gasteiger partial charge in [0.15, 0.2) is 0 Å². The number of halogens is 1. The monoisotopic (exact) mass is 331 g/mol. The Morgan fingerprint density at radius 2 is 1.76 bits per heavy atom. The summed E-state index contributed by atoms with van der Waals surface area (Å²) in [6, 6.07) is 9.55. The fraction of sp³-hybridized carbons (Fsp3) is 0.625. The fourth-order valence-electron chi connectivity index (χ4n) is 2.25. The van der Waals surface area contributed by atoms with Crippen molar-refractivity contribution in [2.45, 2.75) is 46.1 Å². The second-order valence-electron chi connectivity index (χ2n) is 6.61. The minimum atomic E-state index is -3.34. The van der Waals surface area contributed by atoms with Crippen molar-refractivity contribution in [3.63, 3.8) is 0 Å². The van der Waals surface area contributed by atoms with Gasteiger partial charge in [-0.2, -0.15) is 0 Å². The van der Waals surface area contributed by atoms with E-state index >= 15 is 0 Å². The van der Waals surface area contributed by atoms with Crippen LogP contribution in [-0.2, 0) is 10.0 Å². The van der Waals surface area contributed by atoms with Gasteiger partial charge in [-0.05, 0) is 23.3 Å². The molecule has 120 valence electrons. The first kappa shape index (κ1) is 18.5. The molecule has 0 amide bonds. The molecule has 1 rings (SSSR count). The summed E-state index contributed by atoms with van der Waals surface area (Å²) in [6.45, 7) is 8.00. The van der Waals surface area contributed by atoms with E-state index in [1.807, 2.05) is 58.0 Å². The quantitative estimate of drug-likeness (QED) is 0.773. The van der Waals surface area contributed by atoms with Crippen molar-refractivity contribution >= 4 is 21.6 Å². The van der Waals surface area contributed by atoms with E-state index in [2.05, 4.69) is 4.72 Å². The molecule has 0 heterocycles. The molecule has 2 unspecified atom stereocenters. The lowest BCUT2D eigenvalue weighted by Crippen LogP contribution is -2.45. The molecule has 0 spiro atoms. The Kier molecular flexibility index (Phi) is 6.70. The summed E-state index contributed by atoms with van der Waals surface area (Å²) in [7, 11) is -3.34. The third-order valence-electron chi connectivity index (χ3n) is 3.60. The molecule has 2 atom stereocenters. The summed E-state index contributed by atoms with van der Waals surface area (Å²) in [5, 5.41) is 0. The third-order valence-corrected chi connectivity index (χ3v) is 5.40. The van der Waals surface area contributed by atoms with Gasteiger partial charge in [0.25, 0.3) is 0 Å². The van der Waals surface area contributed by atoms with Crippen LogP contribution in [0.4, 0.5) is 0 Å². The summed E-state index contributed by atoms with van der Waals surface area (Å²) in [4.78, 5) is 0. The number of rotatable bonds is 7. The SMILES string of the molecule is CC(CS(=O)(=O)NC(CCCl)C(C)(C)C)c1ccccc1. The summed E-state index contributed by atoms with van der Waals surface area (Å²) < 4.78 is 27.6. The smallest absolute Gasteiger partial charge is 0.212 e. The van der Waals surface area contributed by atoms with Crippen molar-refractivity contribution in [1.82, 2.24) is 4.72 Å². The average Bonchev–Trinajstić information content (AvgIpc) is 2.37. The first-order chi connectivity index (χ1) is 9.65. The predicted octanol–water partition coefficient (Wildman–Crippen LogP) is 3.75. The highest BCUT2D eigenvalue weighted by atomic mass is 35.5. The van der Waals surface area contributed by atoms with Crippen LogP contribution in [0.2, 0.25) is 0 Å². The van der Waals surface area contributed by atoms with E-state index < -0.39 is 10.0 Å². The van der Waals surface area contributed by atoms with Gasteiger partial charge in [-0.3, -0.25) is 0 Å². The minimum absolute atomic E-state index is 0.0414. The van der Waals surface area contributed by atoms with Gasteiger partial charge in [-0.25, -0.2) is 13.1 Å². The Hall–Kier alpha value is -0.580. The molecule has 21 heavy (non-hydrogen) atoms. The minimum Gasteiger partial charge on any atom is -0.212 e. The van der Waals surface area contributed by atoms with Gasteiger partial charge < -0.3 is 0 Å². The molecule has 0 bridgehead atoms. The topological polar surface area (TPSA) is 46.2 Å². The maximum atomic E-state index is 12.4. The van der Waals surface area contributed by atoms with Gasteiger partial charge in [0, 0.05) is 11.9 Å². The Morgan fingerprint density at radius 1 is 1.19 bits per heavy atom. The lowest BCUT2D eigenvalue weighted by Gasteiger charge is -2.31. The van der Waals surface area contributed by atoms with Crippen LogP contribution in [0.3, 0.4) is 0 Å². The molecule has 0 saturated carbocycles. The highest BCUT2D eigenvalue weighted by Crippen LogP contribution is 2.24. The van der Waals surface area contributed by atoms with E-state index in [9.17, 15) is 8.42 Å². The molecule has 1 aromatic carbocycles. The van der Waals surface area contributed by atoms with Crippen molar-refractivity contribution in [3.05, 3.63) is 35.9 Å². The van der Waals surface area contributed by atoms with Crippen LogP contribution in [0.15, 0.2) is 30.3 Å². The molecule has 3 nitrogen and oxygen atoms in total. The molecular formula is C16H26ClNO2S. The normalized spacial score (nSPS) is 15.7. The van der Waals surface area contributed by atoms with Crippen molar-refractivity contribution in [3.8, 4) is 0 Å². The van der Waals surface area contributed by atoms with E-state index in [1.165, 1.54) is 0 Å². The fourth-order valence-corrected chi connectivity index (χ4v) is 4.32. The Bertz CT molecular complexity index is 523. The molecule has 1 N–H and O–H groups in total. The van der Waals surface area contributed by atoms with E-state index in [0.717, 1.165) is 5.56 Å². The van der Waals surface area contributed by atoms with Crippen LogP contribution >= 0.6 is 11.6 Å². The van der Waals surface area contributed by atoms with E-state index in [4.69, 9.17) is 11.6 Å². The number of hydrogen-bond donors (Lipinski definition) is 1. The average molecular weight is 332 g/mol. The standard InChI is InChI=1S/C16H26ClNO2S/c1-13(14-8-6-5-7-9-14)12-21(19,20)18-15(10-11-17)16(2,3)4/h5-9,13,15,18H,10-12H2,1-4H3. The molecule has 0 radical (unpaired) electrons. The molecule has 0 saturated heterocycles. The van der Waals surface area contributed by atoms with Gasteiger partial charge in [0.1, 0.15) is 0 Å². The summed E-state index contributed by atoms with van der Waals surface area (Å²) in [6.07, 6.45) is 0.629. The molecule has 1 aromatic rings. The molecule has 0 aliphatic heterocycles. The second kappa shape index (κ2) is 7.61. The lowest BCUT2D eigenvalue weighted by molar-refractivity contribution is 0.292. The predicted molar refractivity (Wildman–Crippen MR) is 90.4 cm³/mol. The van der Waals surface area contributed by atoms with Crippen LogP contribution in [0.1, 0.15) is 45.6 Å². The second-order valence-corrected chi connectivity index (χ2v) is 8.78. The molecule has 0 fully saturated rings. The van der Waals surface area contributed by atoms with E-state index in [-0.39, 0.29) is 23.1 Å². The zero-order valence-electron chi connectivity index (χ0n) is 13.3. The number of nitrogens with one attached hydrogen (secondary N) is 1. The first-order valence-electron chi connectivity index (χ1n) is 7.26. The molecule has 0 aromatic heterocycles. The van der Waals surface area contributed by atoms with E-state index in [1.54, 1.807) is 0 Å². The maximum Gasteiger partial charge on any atom is 0.212 e. The lowest BCUT2D eigenvalue weighted by atomic mass is 9.86. The third kappa shape index (κ3) is 6.37. The zero-order chi connectivity index (χ0) is 16.1. The van der Waals surface area contributed by atoms with E-state index in [0.29, 0.717) is 12.3 Å². The largest absolute Gasteiger partial charge is 0.212 e. The highest BCUT2D eigenvalue weighted by Gasteiger charge is 2.29. The number of alkyl halides is 1. The number of benzene rings is 1. The maximum absolute atomic E-state index is 12.4. The van der Waals surface area contributed by atoms with Crippen molar-refractivity contribution < 1.29 is 8.42 Å².